The van der Waals surface area contributed by atoms with Gasteiger partial charge in [-0.15, -0.1) is 11.3 Å². The Bertz CT molecular complexity index is 2670. The van der Waals surface area contributed by atoms with Crippen molar-refractivity contribution in [3.63, 3.8) is 0 Å². The number of halogens is 6. The predicted molar refractivity (Wildman–Crippen MR) is 196 cm³/mol. The first-order valence-corrected chi connectivity index (χ1v) is 19.4. The molecule has 2 aromatic carbocycles. The van der Waals surface area contributed by atoms with Crippen molar-refractivity contribution < 1.29 is 40.6 Å². The van der Waals surface area contributed by atoms with Crippen LogP contribution in [0.2, 0.25) is 0 Å². The molecule has 1 amide bonds. The van der Waals surface area contributed by atoms with Gasteiger partial charge in [0.2, 0.25) is 0 Å². The maximum absolute atomic E-state index is 17.6. The first kappa shape index (κ1) is 36.5. The summed E-state index contributed by atoms with van der Waals surface area (Å²) in [6.45, 7) is 0.723. The molecule has 58 heavy (non-hydrogen) atoms. The zero-order chi connectivity index (χ0) is 40.4. The number of carbonyl (C=O) groups excluding carboxylic acids is 1. The van der Waals surface area contributed by atoms with E-state index in [2.05, 4.69) is 9.97 Å². The molecule has 2 N–H and O–H groups in total. The Morgan fingerprint density at radius 2 is 1.97 bits per heavy atom. The Hall–Kier alpha value is -5.86. The van der Waals surface area contributed by atoms with Gasteiger partial charge in [-0.25, -0.2) is 22.9 Å². The number of carbonyl (C=O) groups is 1. The Morgan fingerprint density at radius 1 is 1.14 bits per heavy atom. The molecule has 0 bridgehead atoms. The van der Waals surface area contributed by atoms with Crippen molar-refractivity contribution in [3.05, 3.63) is 53.1 Å². The molecule has 5 aliphatic heterocycles. The van der Waals surface area contributed by atoms with E-state index in [1.807, 2.05) is 17.0 Å². The molecule has 0 saturated carbocycles. The highest BCUT2D eigenvalue weighted by Crippen LogP contribution is 2.55. The molecule has 5 aliphatic rings. The van der Waals surface area contributed by atoms with E-state index in [1.165, 1.54) is 17.1 Å². The number of likely N-dealkylation sites (tertiary alicyclic amines) is 1. The van der Waals surface area contributed by atoms with Gasteiger partial charge in [-0.1, -0.05) is 6.07 Å². The number of imidazole rings is 1. The summed E-state index contributed by atoms with van der Waals surface area (Å²) in [6.07, 6.45) is -1.61. The number of nitrogens with zero attached hydrogens (tertiary/aromatic N) is 9. The smallest absolute Gasteiger partial charge is 0.420 e. The zero-order valence-corrected chi connectivity index (χ0v) is 31.0. The fourth-order valence-corrected chi connectivity index (χ4v) is 10.9. The Kier molecular flexibility index (Phi) is 8.06. The van der Waals surface area contributed by atoms with E-state index in [0.717, 1.165) is 18.6 Å². The van der Waals surface area contributed by atoms with Crippen LogP contribution in [0.5, 0.6) is 11.8 Å². The average molecular weight is 821 g/mol. The van der Waals surface area contributed by atoms with E-state index in [4.69, 9.17) is 20.2 Å². The molecule has 20 heteroatoms. The van der Waals surface area contributed by atoms with Crippen molar-refractivity contribution in [2.24, 2.45) is 0 Å². The molecule has 0 radical (unpaired) electrons. The first-order valence-electron chi connectivity index (χ1n) is 18.6. The first-order chi connectivity index (χ1) is 27.8. The standard InChI is InChI=1S/C38H30F6N10O3S/c39-17-9-37(5-1-6-52(37)12-17)15-57-35-49-30-27-31(28(38(42,43)44)26(29(30)41)20-2-3-22(40)32-25(20)21(11-46)33(47)58-32)56-14-19-8-24-23(54(19)34(27)50-35)4-7-53(24)36(55)51-13-18(10-45)48-16-51/h2-3,13,16-17,19,23-24H,1,4-9,12,14-15,47H2/t17-,19+,23?,24?,37+/m1/s1. The minimum Gasteiger partial charge on any atom is -0.490 e. The number of ether oxygens (including phenoxy) is 2. The van der Waals surface area contributed by atoms with Crippen LogP contribution in [0.3, 0.4) is 0 Å². The second-order valence-corrected chi connectivity index (χ2v) is 16.4. The van der Waals surface area contributed by atoms with Crippen LogP contribution in [0, 0.1) is 34.3 Å². The number of thiophene rings is 1. The van der Waals surface area contributed by atoms with Crippen molar-refractivity contribution in [1.82, 2.24) is 29.3 Å². The summed E-state index contributed by atoms with van der Waals surface area (Å²) < 4.78 is 108. The molecule has 13 nitrogen and oxygen atoms in total. The van der Waals surface area contributed by atoms with Gasteiger partial charge in [-0.2, -0.15) is 33.7 Å². The van der Waals surface area contributed by atoms with E-state index in [0.29, 0.717) is 30.7 Å². The van der Waals surface area contributed by atoms with Crippen LogP contribution < -0.4 is 20.1 Å². The lowest BCUT2D eigenvalue weighted by Crippen LogP contribution is -2.43. The lowest BCUT2D eigenvalue weighted by atomic mass is 9.91. The number of nitrogen functional groups attached to an aromatic ring is 1. The zero-order valence-electron chi connectivity index (χ0n) is 30.2. The molecule has 0 spiro atoms. The minimum absolute atomic E-state index is 0.0415. The second-order valence-electron chi connectivity index (χ2n) is 15.3. The molecular weight excluding hydrogens is 791 g/mol. The van der Waals surface area contributed by atoms with E-state index >= 15 is 22.0 Å². The normalized spacial score (nSPS) is 25.0. The number of amides is 1. The molecule has 8 heterocycles. The van der Waals surface area contributed by atoms with Gasteiger partial charge in [-0.05, 0) is 43.9 Å². The van der Waals surface area contributed by atoms with Crippen molar-refractivity contribution in [3.8, 4) is 35.0 Å². The van der Waals surface area contributed by atoms with Crippen molar-refractivity contribution >= 4 is 49.2 Å². The lowest BCUT2D eigenvalue weighted by Gasteiger charge is -2.31. The van der Waals surface area contributed by atoms with Gasteiger partial charge in [0.1, 0.15) is 71.3 Å². The third kappa shape index (κ3) is 5.23. The van der Waals surface area contributed by atoms with Crippen LogP contribution in [-0.4, -0.2) is 98.0 Å². The molecule has 4 saturated heterocycles. The summed E-state index contributed by atoms with van der Waals surface area (Å²) in [7, 11) is 0. The molecule has 5 atom stereocenters. The van der Waals surface area contributed by atoms with Crippen LogP contribution in [0.15, 0.2) is 24.7 Å². The number of fused-ring (bicyclic) bond motifs is 6. The minimum atomic E-state index is -5.27. The number of nitrogens with two attached hydrogens (primary N) is 1. The predicted octanol–water partition coefficient (Wildman–Crippen LogP) is 6.37. The van der Waals surface area contributed by atoms with Crippen LogP contribution in [0.4, 0.5) is 42.0 Å². The van der Waals surface area contributed by atoms with Crippen molar-refractivity contribution in [2.75, 3.05) is 43.5 Å². The summed E-state index contributed by atoms with van der Waals surface area (Å²) in [4.78, 5) is 32.1. The van der Waals surface area contributed by atoms with Crippen molar-refractivity contribution in [1.29, 1.82) is 10.5 Å². The van der Waals surface area contributed by atoms with E-state index in [9.17, 15) is 19.7 Å². The number of rotatable bonds is 4. The number of nitriles is 2. The molecule has 298 valence electrons. The maximum atomic E-state index is 17.6. The monoisotopic (exact) mass is 820 g/mol. The third-order valence-corrected chi connectivity index (χ3v) is 13.3. The molecule has 3 aromatic heterocycles. The van der Waals surface area contributed by atoms with Gasteiger partial charge < -0.3 is 25.0 Å². The van der Waals surface area contributed by atoms with E-state index in [1.54, 1.807) is 9.80 Å². The molecule has 2 unspecified atom stereocenters. The number of anilines is 2. The fourth-order valence-electron chi connectivity index (χ4n) is 9.98. The van der Waals surface area contributed by atoms with Gasteiger partial charge >= 0.3 is 18.2 Å². The van der Waals surface area contributed by atoms with Crippen LogP contribution in [-0.2, 0) is 6.18 Å². The molecule has 0 aliphatic carbocycles. The molecule has 5 aromatic rings. The largest absolute Gasteiger partial charge is 0.490 e. The van der Waals surface area contributed by atoms with Gasteiger partial charge in [0.25, 0.3) is 0 Å². The number of benzene rings is 2. The highest BCUT2D eigenvalue weighted by molar-refractivity contribution is 7.23. The topological polar surface area (TPSA) is 162 Å². The molecule has 4 fully saturated rings. The van der Waals surface area contributed by atoms with Crippen LogP contribution in [0.1, 0.15) is 48.9 Å². The number of aromatic nitrogens is 4. The SMILES string of the molecule is N#Cc1cn(C(=O)N2CCC3C2C[C@H]2COc4c(C(F)(F)F)c(-c5ccc(F)c6sc(N)c(C#N)c56)c(F)c5nc(OC[C@@]67CCCN6C[C@H](F)C7)nc(c45)N32)cn1. The van der Waals surface area contributed by atoms with Gasteiger partial charge in [0.15, 0.2) is 11.5 Å². The Morgan fingerprint density at radius 3 is 2.72 bits per heavy atom. The number of alkyl halides is 4. The van der Waals surface area contributed by atoms with Gasteiger partial charge in [0, 0.05) is 30.5 Å². The average Bonchev–Trinajstić information content (AvgIpc) is 4.03. The second kappa shape index (κ2) is 12.8. The van der Waals surface area contributed by atoms with Gasteiger partial charge in [-0.3, -0.25) is 9.47 Å². The molecular formula is C38H30F6N10O3S. The Labute approximate surface area is 328 Å². The summed E-state index contributed by atoms with van der Waals surface area (Å²) in [5.41, 5.74) is 1.54. The summed E-state index contributed by atoms with van der Waals surface area (Å²) in [6, 6.07) is 3.10. The highest BCUT2D eigenvalue weighted by Gasteiger charge is 2.54. The van der Waals surface area contributed by atoms with E-state index < -0.39 is 81.6 Å². The summed E-state index contributed by atoms with van der Waals surface area (Å²) >= 11 is 0.655. The van der Waals surface area contributed by atoms with E-state index in [-0.39, 0.29) is 82.7 Å². The summed E-state index contributed by atoms with van der Waals surface area (Å²) in [5, 5.41) is 18.4. The molecule has 10 rings (SSSR count). The number of hydrogen-bond acceptors (Lipinski definition) is 12. The van der Waals surface area contributed by atoms with Crippen LogP contribution in [0.25, 0.3) is 32.1 Å². The van der Waals surface area contributed by atoms with Crippen molar-refractivity contribution in [2.45, 2.75) is 68.1 Å². The van der Waals surface area contributed by atoms with Gasteiger partial charge in [0.05, 0.1) is 45.5 Å². The van der Waals surface area contributed by atoms with Crippen LogP contribution >= 0.6 is 11.3 Å². The quantitative estimate of drug-likeness (QED) is 0.201. The maximum Gasteiger partial charge on any atom is 0.420 e. The fraction of sp³-hybridized carbons (Fsp3) is 0.421. The highest BCUT2D eigenvalue weighted by atomic mass is 32.1. The number of hydrogen-bond donors (Lipinski definition) is 1. The Balaban J connectivity index is 1.18. The third-order valence-electron chi connectivity index (χ3n) is 12.3. The lowest BCUT2D eigenvalue weighted by molar-refractivity contribution is -0.138. The summed E-state index contributed by atoms with van der Waals surface area (Å²) in [5.74, 6) is -3.15.